The number of hydrogen-bond acceptors (Lipinski definition) is 1. The second-order valence-corrected chi connectivity index (χ2v) is 5.75. The van der Waals surface area contributed by atoms with Crippen molar-refractivity contribution in [1.82, 2.24) is 0 Å². The normalized spacial score (nSPS) is 26.5. The Bertz CT molecular complexity index is 470. The summed E-state index contributed by atoms with van der Waals surface area (Å²) >= 11 is 3.09. The molecule has 0 radical (unpaired) electrons. The van der Waals surface area contributed by atoms with Crippen molar-refractivity contribution in [3.05, 3.63) is 34.1 Å². The summed E-state index contributed by atoms with van der Waals surface area (Å²) in [6.45, 7) is 3.83. The summed E-state index contributed by atoms with van der Waals surface area (Å²) in [5.41, 5.74) is -0.461. The standard InChI is InChI=1S/C12H12BrFO2/c1-11(2)6-12(11,10(15)16)7-3-4-9(14)8(13)5-7/h3-5H,6H2,1-2H3,(H,15,16). The Balaban J connectivity index is 2.51. The van der Waals surface area contributed by atoms with Crippen molar-refractivity contribution >= 4 is 21.9 Å². The number of aliphatic carboxylic acids is 1. The third kappa shape index (κ3) is 1.39. The molecule has 4 heteroatoms. The molecular weight excluding hydrogens is 275 g/mol. The molecule has 0 amide bonds. The van der Waals surface area contributed by atoms with Crippen LogP contribution in [0.15, 0.2) is 22.7 Å². The van der Waals surface area contributed by atoms with Crippen LogP contribution in [0.3, 0.4) is 0 Å². The number of rotatable bonds is 2. The van der Waals surface area contributed by atoms with Crippen LogP contribution in [-0.4, -0.2) is 11.1 Å². The summed E-state index contributed by atoms with van der Waals surface area (Å²) < 4.78 is 13.4. The van der Waals surface area contributed by atoms with Gasteiger partial charge in [0.05, 0.1) is 9.89 Å². The minimum atomic E-state index is -0.858. The lowest BCUT2D eigenvalue weighted by Gasteiger charge is -2.16. The van der Waals surface area contributed by atoms with E-state index in [-0.39, 0.29) is 11.2 Å². The molecule has 0 bridgehead atoms. The molecule has 1 aromatic rings. The largest absolute Gasteiger partial charge is 0.481 e. The molecule has 1 atom stereocenters. The first-order chi connectivity index (χ1) is 7.31. The highest BCUT2D eigenvalue weighted by atomic mass is 79.9. The highest BCUT2D eigenvalue weighted by Crippen LogP contribution is 2.64. The molecule has 2 rings (SSSR count). The summed E-state index contributed by atoms with van der Waals surface area (Å²) in [5.74, 6) is -1.21. The van der Waals surface area contributed by atoms with E-state index in [1.165, 1.54) is 6.07 Å². The molecule has 0 saturated heterocycles. The maximum atomic E-state index is 13.1. The van der Waals surface area contributed by atoms with Crippen molar-refractivity contribution in [3.8, 4) is 0 Å². The SMILES string of the molecule is CC1(C)CC1(C(=O)O)c1ccc(F)c(Br)c1. The smallest absolute Gasteiger partial charge is 0.314 e. The summed E-state index contributed by atoms with van der Waals surface area (Å²) in [4.78, 5) is 11.4. The van der Waals surface area contributed by atoms with Gasteiger partial charge in [0.1, 0.15) is 5.82 Å². The second-order valence-electron chi connectivity index (χ2n) is 4.90. The van der Waals surface area contributed by atoms with Gasteiger partial charge in [-0.2, -0.15) is 0 Å². The summed E-state index contributed by atoms with van der Waals surface area (Å²) in [6.07, 6.45) is 0.591. The molecule has 0 aromatic heterocycles. The summed E-state index contributed by atoms with van der Waals surface area (Å²) in [5, 5.41) is 9.34. The molecule has 0 aliphatic heterocycles. The number of halogens is 2. The zero-order valence-corrected chi connectivity index (χ0v) is 10.6. The van der Waals surface area contributed by atoms with Gasteiger partial charge in [-0.15, -0.1) is 0 Å². The number of carbonyl (C=O) groups is 1. The van der Waals surface area contributed by atoms with E-state index in [2.05, 4.69) is 15.9 Å². The van der Waals surface area contributed by atoms with E-state index in [0.717, 1.165) is 0 Å². The van der Waals surface area contributed by atoms with Gasteiger partial charge in [-0.05, 0) is 45.5 Å². The van der Waals surface area contributed by atoms with Crippen LogP contribution in [0.2, 0.25) is 0 Å². The number of carboxylic acid groups (broad SMARTS) is 1. The van der Waals surface area contributed by atoms with Crippen LogP contribution >= 0.6 is 15.9 Å². The van der Waals surface area contributed by atoms with Gasteiger partial charge in [-0.3, -0.25) is 4.79 Å². The Labute approximate surface area is 102 Å². The Morgan fingerprint density at radius 3 is 2.44 bits per heavy atom. The van der Waals surface area contributed by atoms with Gasteiger partial charge in [-0.25, -0.2) is 4.39 Å². The molecular formula is C12H12BrFO2. The van der Waals surface area contributed by atoms with Crippen molar-refractivity contribution in [2.75, 3.05) is 0 Å². The zero-order valence-electron chi connectivity index (χ0n) is 9.05. The molecule has 1 unspecified atom stereocenters. The van der Waals surface area contributed by atoms with Crippen LogP contribution in [0.5, 0.6) is 0 Å². The highest BCUT2D eigenvalue weighted by Gasteiger charge is 2.67. The Kier molecular flexibility index (Phi) is 2.38. The quantitative estimate of drug-likeness (QED) is 0.905. The van der Waals surface area contributed by atoms with E-state index in [4.69, 9.17) is 0 Å². The van der Waals surface area contributed by atoms with E-state index >= 15 is 0 Å². The third-order valence-corrected chi connectivity index (χ3v) is 4.12. The maximum Gasteiger partial charge on any atom is 0.314 e. The van der Waals surface area contributed by atoms with Crippen LogP contribution in [0.1, 0.15) is 25.8 Å². The van der Waals surface area contributed by atoms with Crippen molar-refractivity contribution in [2.45, 2.75) is 25.7 Å². The van der Waals surface area contributed by atoms with Crippen LogP contribution < -0.4 is 0 Å². The first kappa shape index (κ1) is 11.6. The lowest BCUT2D eigenvalue weighted by Crippen LogP contribution is -2.25. The Hall–Kier alpha value is -0.900. The Morgan fingerprint density at radius 1 is 1.50 bits per heavy atom. The lowest BCUT2D eigenvalue weighted by molar-refractivity contribution is -0.141. The highest BCUT2D eigenvalue weighted by molar-refractivity contribution is 9.10. The van der Waals surface area contributed by atoms with Gasteiger partial charge in [0, 0.05) is 0 Å². The molecule has 1 fully saturated rings. The number of benzene rings is 1. The predicted molar refractivity (Wildman–Crippen MR) is 61.8 cm³/mol. The molecule has 0 spiro atoms. The summed E-state index contributed by atoms with van der Waals surface area (Å²) in [6, 6.07) is 4.43. The minimum Gasteiger partial charge on any atom is -0.481 e. The molecule has 1 N–H and O–H groups in total. The number of carboxylic acids is 1. The van der Waals surface area contributed by atoms with Gasteiger partial charge < -0.3 is 5.11 Å². The molecule has 1 aliphatic rings. The van der Waals surface area contributed by atoms with Crippen LogP contribution in [0.25, 0.3) is 0 Å². The fourth-order valence-electron chi connectivity index (χ4n) is 2.36. The fraction of sp³-hybridized carbons (Fsp3) is 0.417. The molecule has 1 saturated carbocycles. The molecule has 2 nitrogen and oxygen atoms in total. The average Bonchev–Trinajstić information content (AvgIpc) is 2.75. The van der Waals surface area contributed by atoms with Gasteiger partial charge in [0.15, 0.2) is 0 Å². The Morgan fingerprint density at radius 2 is 2.06 bits per heavy atom. The first-order valence-corrected chi connectivity index (χ1v) is 5.79. The monoisotopic (exact) mass is 286 g/mol. The van der Waals surface area contributed by atoms with Crippen LogP contribution in [0.4, 0.5) is 4.39 Å². The first-order valence-electron chi connectivity index (χ1n) is 5.00. The van der Waals surface area contributed by atoms with Gasteiger partial charge in [0.25, 0.3) is 0 Å². The topological polar surface area (TPSA) is 37.3 Å². The van der Waals surface area contributed by atoms with Gasteiger partial charge in [0.2, 0.25) is 0 Å². The molecule has 0 heterocycles. The van der Waals surface area contributed by atoms with E-state index in [1.807, 2.05) is 13.8 Å². The molecule has 1 aromatic carbocycles. The van der Waals surface area contributed by atoms with Gasteiger partial charge in [-0.1, -0.05) is 19.9 Å². The third-order valence-electron chi connectivity index (χ3n) is 3.51. The maximum absolute atomic E-state index is 13.1. The van der Waals surface area contributed by atoms with E-state index in [0.29, 0.717) is 16.5 Å². The zero-order chi connectivity index (χ0) is 12.1. The van der Waals surface area contributed by atoms with E-state index in [1.54, 1.807) is 12.1 Å². The van der Waals surface area contributed by atoms with Crippen molar-refractivity contribution in [2.24, 2.45) is 5.41 Å². The number of hydrogen-bond donors (Lipinski definition) is 1. The molecule has 86 valence electrons. The van der Waals surface area contributed by atoms with Crippen LogP contribution in [0, 0.1) is 11.2 Å². The average molecular weight is 287 g/mol. The minimum absolute atomic E-state index is 0.268. The van der Waals surface area contributed by atoms with Crippen molar-refractivity contribution < 1.29 is 14.3 Å². The molecule has 16 heavy (non-hydrogen) atoms. The molecule has 1 aliphatic carbocycles. The fourth-order valence-corrected chi connectivity index (χ4v) is 2.74. The van der Waals surface area contributed by atoms with Crippen molar-refractivity contribution in [3.63, 3.8) is 0 Å². The van der Waals surface area contributed by atoms with E-state index < -0.39 is 11.4 Å². The van der Waals surface area contributed by atoms with Gasteiger partial charge >= 0.3 is 5.97 Å². The van der Waals surface area contributed by atoms with Crippen molar-refractivity contribution in [1.29, 1.82) is 0 Å². The second kappa shape index (κ2) is 3.29. The van der Waals surface area contributed by atoms with Crippen LogP contribution in [-0.2, 0) is 10.2 Å². The van der Waals surface area contributed by atoms with E-state index in [9.17, 15) is 14.3 Å². The summed E-state index contributed by atoms with van der Waals surface area (Å²) in [7, 11) is 0. The lowest BCUT2D eigenvalue weighted by atomic mass is 9.88. The predicted octanol–water partition coefficient (Wildman–Crippen LogP) is 3.34.